The number of unbranched alkanes of at least 4 members (excludes halogenated alkanes) is 1. The molecule has 138 valence electrons. The first kappa shape index (κ1) is 16.8. The summed E-state index contributed by atoms with van der Waals surface area (Å²) in [5.74, 6) is 2.71. The fraction of sp³-hybridized carbons (Fsp3) is 0.474. The summed E-state index contributed by atoms with van der Waals surface area (Å²) < 4.78 is 18.8. The number of ether oxygens (including phenoxy) is 3. The van der Waals surface area contributed by atoms with Gasteiger partial charge in [0, 0.05) is 36.1 Å². The highest BCUT2D eigenvalue weighted by molar-refractivity contribution is 5.94. The molecule has 1 N–H and O–H groups in total. The predicted octanol–water partition coefficient (Wildman–Crippen LogP) is 2.94. The van der Waals surface area contributed by atoms with Crippen LogP contribution in [-0.4, -0.2) is 36.0 Å². The first-order valence-electron chi connectivity index (χ1n) is 9.04. The van der Waals surface area contributed by atoms with Crippen LogP contribution in [0.15, 0.2) is 18.3 Å². The smallest absolute Gasteiger partial charge is 0.226 e. The Balaban J connectivity index is 1.77. The zero-order valence-electron chi connectivity index (χ0n) is 15.1. The van der Waals surface area contributed by atoms with E-state index in [1.807, 2.05) is 23.0 Å². The van der Waals surface area contributed by atoms with Crippen LogP contribution in [0.5, 0.6) is 17.2 Å². The Hall–Kier alpha value is -2.70. The Labute approximate surface area is 152 Å². The summed E-state index contributed by atoms with van der Waals surface area (Å²) in [6.45, 7) is 3.97. The topological polar surface area (TPSA) is 74.6 Å². The minimum Gasteiger partial charge on any atom is -0.496 e. The van der Waals surface area contributed by atoms with Crippen molar-refractivity contribution in [2.75, 3.05) is 25.6 Å². The van der Waals surface area contributed by atoms with Crippen molar-refractivity contribution in [2.24, 2.45) is 0 Å². The van der Waals surface area contributed by atoms with E-state index >= 15 is 0 Å². The number of nitrogens with zero attached hydrogens (tertiary/aromatic N) is 2. The van der Waals surface area contributed by atoms with Crippen LogP contribution in [0, 0.1) is 0 Å². The lowest BCUT2D eigenvalue weighted by Gasteiger charge is -2.27. The zero-order valence-corrected chi connectivity index (χ0v) is 15.1. The molecule has 3 heterocycles. The predicted molar refractivity (Wildman–Crippen MR) is 96.2 cm³/mol. The van der Waals surface area contributed by atoms with Crippen LogP contribution in [0.4, 0.5) is 5.82 Å². The van der Waals surface area contributed by atoms with Gasteiger partial charge < -0.3 is 19.5 Å². The third-order valence-corrected chi connectivity index (χ3v) is 4.88. The fourth-order valence-corrected chi connectivity index (χ4v) is 3.56. The number of methoxy groups -OCH3 is 1. The van der Waals surface area contributed by atoms with Gasteiger partial charge in [-0.15, -0.1) is 0 Å². The van der Waals surface area contributed by atoms with E-state index in [2.05, 4.69) is 17.3 Å². The van der Waals surface area contributed by atoms with E-state index in [0.717, 1.165) is 36.3 Å². The van der Waals surface area contributed by atoms with Gasteiger partial charge in [0.05, 0.1) is 13.3 Å². The average Bonchev–Trinajstić information content (AvgIpc) is 3.07. The zero-order chi connectivity index (χ0) is 18.1. The molecule has 2 aliphatic heterocycles. The lowest BCUT2D eigenvalue weighted by molar-refractivity contribution is -0.116. The number of fused-ring (bicyclic) bond motifs is 2. The Kier molecular flexibility index (Phi) is 4.44. The number of hydrogen-bond donors (Lipinski definition) is 1. The second-order valence-corrected chi connectivity index (χ2v) is 6.57. The van der Waals surface area contributed by atoms with Crippen molar-refractivity contribution in [1.82, 2.24) is 9.78 Å². The van der Waals surface area contributed by atoms with Crippen molar-refractivity contribution in [2.45, 2.75) is 38.6 Å². The number of nitrogens with one attached hydrogen (secondary N) is 1. The molecule has 7 heteroatoms. The highest BCUT2D eigenvalue weighted by Crippen LogP contribution is 2.45. The summed E-state index contributed by atoms with van der Waals surface area (Å²) in [5.41, 5.74) is 1.93. The lowest BCUT2D eigenvalue weighted by atomic mass is 9.86. The van der Waals surface area contributed by atoms with Gasteiger partial charge in [-0.2, -0.15) is 5.10 Å². The van der Waals surface area contributed by atoms with E-state index in [9.17, 15) is 4.79 Å². The Morgan fingerprint density at radius 3 is 2.77 bits per heavy atom. The van der Waals surface area contributed by atoms with Crippen molar-refractivity contribution in [3.8, 4) is 17.2 Å². The van der Waals surface area contributed by atoms with E-state index in [1.54, 1.807) is 7.11 Å². The molecule has 2 aliphatic rings. The molecule has 26 heavy (non-hydrogen) atoms. The second kappa shape index (κ2) is 6.90. The van der Waals surface area contributed by atoms with Gasteiger partial charge in [-0.05, 0) is 12.5 Å². The summed E-state index contributed by atoms with van der Waals surface area (Å²) in [4.78, 5) is 12.4. The number of amides is 1. The number of aryl methyl sites for hydroxylation is 1. The number of hydrogen-bond acceptors (Lipinski definition) is 5. The van der Waals surface area contributed by atoms with Crippen LogP contribution >= 0.6 is 0 Å². The molecule has 1 aromatic heterocycles. The second-order valence-electron chi connectivity index (χ2n) is 6.57. The molecule has 1 unspecified atom stereocenters. The minimum atomic E-state index is -0.125. The molecule has 0 aliphatic carbocycles. The lowest BCUT2D eigenvalue weighted by Crippen LogP contribution is -2.25. The Morgan fingerprint density at radius 1 is 1.27 bits per heavy atom. The molecule has 1 atom stereocenters. The van der Waals surface area contributed by atoms with Crippen molar-refractivity contribution in [3.05, 3.63) is 29.5 Å². The molecule has 0 fully saturated rings. The monoisotopic (exact) mass is 357 g/mol. The maximum absolute atomic E-state index is 12.4. The van der Waals surface area contributed by atoms with Crippen LogP contribution in [-0.2, 0) is 11.3 Å². The maximum Gasteiger partial charge on any atom is 0.226 e. The van der Waals surface area contributed by atoms with Gasteiger partial charge in [-0.1, -0.05) is 13.3 Å². The quantitative estimate of drug-likeness (QED) is 0.890. The molecule has 4 rings (SSSR count). The number of rotatable bonds is 5. The van der Waals surface area contributed by atoms with Crippen molar-refractivity contribution in [3.63, 3.8) is 0 Å². The van der Waals surface area contributed by atoms with Gasteiger partial charge in [0.15, 0.2) is 11.5 Å². The van der Waals surface area contributed by atoms with Crippen LogP contribution < -0.4 is 19.5 Å². The highest BCUT2D eigenvalue weighted by Gasteiger charge is 2.33. The summed E-state index contributed by atoms with van der Waals surface area (Å²) in [6.07, 6.45) is 4.29. The van der Waals surface area contributed by atoms with Crippen LogP contribution in [0.1, 0.15) is 43.2 Å². The summed E-state index contributed by atoms with van der Waals surface area (Å²) in [5, 5.41) is 7.48. The van der Waals surface area contributed by atoms with E-state index < -0.39 is 0 Å². The minimum absolute atomic E-state index is 0.0160. The molecule has 1 aromatic carbocycles. The molecular weight excluding hydrogens is 334 g/mol. The first-order valence-corrected chi connectivity index (χ1v) is 9.04. The van der Waals surface area contributed by atoms with Crippen LogP contribution in [0.25, 0.3) is 0 Å². The van der Waals surface area contributed by atoms with E-state index in [1.165, 1.54) is 0 Å². The maximum atomic E-state index is 12.4. The molecular formula is C19H23N3O4. The van der Waals surface area contributed by atoms with Crippen LogP contribution in [0.3, 0.4) is 0 Å². The van der Waals surface area contributed by atoms with Gasteiger partial charge >= 0.3 is 0 Å². The third-order valence-electron chi connectivity index (χ3n) is 4.88. The molecule has 7 nitrogen and oxygen atoms in total. The summed E-state index contributed by atoms with van der Waals surface area (Å²) >= 11 is 0. The third kappa shape index (κ3) is 2.87. The van der Waals surface area contributed by atoms with E-state index in [4.69, 9.17) is 14.2 Å². The number of carbonyl (C=O) groups excluding carboxylic acids is 1. The van der Waals surface area contributed by atoms with Gasteiger partial charge in [0.2, 0.25) is 5.91 Å². The van der Waals surface area contributed by atoms with Gasteiger partial charge in [-0.3, -0.25) is 4.79 Å². The Morgan fingerprint density at radius 2 is 2.04 bits per heavy atom. The molecule has 0 bridgehead atoms. The normalized spacial score (nSPS) is 18.2. The standard InChI is InChI=1S/C19H23N3O4/c1-3-4-5-22-19-14(11-20-22)12(9-18(23)21-19)13-8-16-17(10-15(13)24-2)26-7-6-25-16/h8,10-12H,3-7,9H2,1-2H3,(H,21,23). The molecule has 0 saturated carbocycles. The molecule has 1 amide bonds. The molecule has 0 saturated heterocycles. The number of anilines is 1. The summed E-state index contributed by atoms with van der Waals surface area (Å²) in [7, 11) is 1.63. The fourth-order valence-electron chi connectivity index (χ4n) is 3.56. The SMILES string of the molecule is CCCCn1ncc2c1NC(=O)CC2c1cc2c(cc1OC)OCCO2. The van der Waals surface area contributed by atoms with Crippen molar-refractivity contribution in [1.29, 1.82) is 0 Å². The van der Waals surface area contributed by atoms with Gasteiger partial charge in [-0.25, -0.2) is 4.68 Å². The van der Waals surface area contributed by atoms with Gasteiger partial charge in [0.1, 0.15) is 24.8 Å². The number of carbonyl (C=O) groups is 1. The molecule has 2 aromatic rings. The van der Waals surface area contributed by atoms with Crippen LogP contribution in [0.2, 0.25) is 0 Å². The number of aromatic nitrogens is 2. The molecule has 0 spiro atoms. The van der Waals surface area contributed by atoms with Crippen molar-refractivity contribution < 1.29 is 19.0 Å². The average molecular weight is 357 g/mol. The largest absolute Gasteiger partial charge is 0.496 e. The van der Waals surface area contributed by atoms with E-state index in [0.29, 0.717) is 36.9 Å². The number of benzene rings is 1. The van der Waals surface area contributed by atoms with E-state index in [-0.39, 0.29) is 11.8 Å². The van der Waals surface area contributed by atoms with Gasteiger partial charge in [0.25, 0.3) is 0 Å². The summed E-state index contributed by atoms with van der Waals surface area (Å²) in [6, 6.07) is 3.78. The van der Waals surface area contributed by atoms with Crippen molar-refractivity contribution >= 4 is 11.7 Å². The molecule has 0 radical (unpaired) electrons. The highest BCUT2D eigenvalue weighted by atomic mass is 16.6. The Bertz CT molecular complexity index is 830. The first-order chi connectivity index (χ1) is 12.7.